The average molecular weight is 370 g/mol. The van der Waals surface area contributed by atoms with E-state index in [2.05, 4.69) is 17.1 Å². The largest absolute Gasteiger partial charge is 0.294 e. The van der Waals surface area contributed by atoms with E-state index in [-0.39, 0.29) is 5.69 Å². The third kappa shape index (κ3) is 3.81. The highest BCUT2D eigenvalue weighted by molar-refractivity contribution is 6.02. The summed E-state index contributed by atoms with van der Waals surface area (Å²) < 4.78 is 0. The molecule has 3 aromatic rings. The number of hydrogen-bond acceptors (Lipinski definition) is 5. The van der Waals surface area contributed by atoms with E-state index in [0.29, 0.717) is 5.69 Å². The Labute approximate surface area is 162 Å². The van der Waals surface area contributed by atoms with Crippen LogP contribution in [0.4, 0.5) is 17.1 Å². The van der Waals surface area contributed by atoms with Gasteiger partial charge >= 0.3 is 0 Å². The number of hydrogen-bond donors (Lipinski definition) is 0. The molecule has 0 N–H and O–H groups in total. The molecule has 4 rings (SSSR count). The first-order chi connectivity index (χ1) is 13.7. The normalized spacial score (nSPS) is 13.7. The molecule has 0 spiro atoms. The Kier molecular flexibility index (Phi) is 4.93. The Morgan fingerprint density at radius 2 is 1.68 bits per heavy atom. The summed E-state index contributed by atoms with van der Waals surface area (Å²) in [6, 6.07) is 24.5. The smallest absolute Gasteiger partial charge is 0.265 e. The van der Waals surface area contributed by atoms with Gasteiger partial charge in [-0.05, 0) is 29.3 Å². The number of nitro benzene ring substituents is 1. The van der Waals surface area contributed by atoms with Gasteiger partial charge in [-0.1, -0.05) is 54.6 Å². The second-order valence-electron chi connectivity index (χ2n) is 6.38. The molecule has 28 heavy (non-hydrogen) atoms. The molecular formula is C22H18N4O2. The molecule has 0 aromatic heterocycles. The monoisotopic (exact) mass is 370 g/mol. The molecule has 0 fully saturated rings. The van der Waals surface area contributed by atoms with Crippen molar-refractivity contribution >= 4 is 29.0 Å². The van der Waals surface area contributed by atoms with Crippen molar-refractivity contribution in [3.63, 3.8) is 0 Å². The highest BCUT2D eigenvalue weighted by atomic mass is 16.6. The van der Waals surface area contributed by atoms with E-state index in [4.69, 9.17) is 5.10 Å². The fourth-order valence-electron chi connectivity index (χ4n) is 3.08. The number of hydrazone groups is 1. The number of benzene rings is 3. The summed E-state index contributed by atoms with van der Waals surface area (Å²) in [5, 5.41) is 17.8. The van der Waals surface area contributed by atoms with Crippen molar-refractivity contribution in [1.82, 2.24) is 0 Å². The summed E-state index contributed by atoms with van der Waals surface area (Å²) in [7, 11) is 0. The maximum absolute atomic E-state index is 11.1. The summed E-state index contributed by atoms with van der Waals surface area (Å²) in [5.74, 6) is 0. The van der Waals surface area contributed by atoms with Crippen LogP contribution in [0.3, 0.4) is 0 Å². The van der Waals surface area contributed by atoms with Crippen molar-refractivity contribution in [3.05, 3.63) is 100 Å². The fraction of sp³-hybridized carbons (Fsp3) is 0.0909. The van der Waals surface area contributed by atoms with E-state index in [9.17, 15) is 10.1 Å². The molecule has 0 radical (unpaired) electrons. The van der Waals surface area contributed by atoms with Crippen LogP contribution in [0.5, 0.6) is 0 Å². The minimum absolute atomic E-state index is 0.00443. The molecule has 6 nitrogen and oxygen atoms in total. The van der Waals surface area contributed by atoms with E-state index in [0.717, 1.165) is 35.5 Å². The molecule has 0 saturated carbocycles. The van der Waals surface area contributed by atoms with Crippen molar-refractivity contribution in [1.29, 1.82) is 0 Å². The molecule has 0 unspecified atom stereocenters. The van der Waals surface area contributed by atoms with Crippen LogP contribution in [-0.2, 0) is 0 Å². The SMILES string of the molecule is O=[N+]([O-])c1ccccc1N=Cc1ccc(N2CCC(c3ccccc3)=N2)cc1. The third-order valence-electron chi connectivity index (χ3n) is 4.53. The molecule has 0 aliphatic carbocycles. The van der Waals surface area contributed by atoms with Gasteiger partial charge in [0.15, 0.2) is 0 Å². The highest BCUT2D eigenvalue weighted by Crippen LogP contribution is 2.26. The van der Waals surface area contributed by atoms with Crippen LogP contribution in [0, 0.1) is 10.1 Å². The Balaban J connectivity index is 1.49. The lowest BCUT2D eigenvalue weighted by molar-refractivity contribution is -0.384. The first-order valence-electron chi connectivity index (χ1n) is 8.99. The molecule has 138 valence electrons. The van der Waals surface area contributed by atoms with Crippen LogP contribution in [0.15, 0.2) is 89.0 Å². The summed E-state index contributed by atoms with van der Waals surface area (Å²) in [6.45, 7) is 0.841. The van der Waals surface area contributed by atoms with Crippen LogP contribution >= 0.6 is 0 Å². The standard InChI is InChI=1S/C22H18N4O2/c27-26(28)22-9-5-4-8-21(22)23-16-17-10-12-19(13-11-17)25-15-14-20(24-25)18-6-2-1-3-7-18/h1-13,16H,14-15H2. The van der Waals surface area contributed by atoms with Gasteiger partial charge in [-0.15, -0.1) is 0 Å². The summed E-state index contributed by atoms with van der Waals surface area (Å²) >= 11 is 0. The molecule has 0 amide bonds. The number of aliphatic imine (C=N–C) groups is 1. The summed E-state index contributed by atoms with van der Waals surface area (Å²) in [5.41, 5.74) is 4.45. The average Bonchev–Trinajstić information content (AvgIpc) is 3.24. The van der Waals surface area contributed by atoms with Crippen molar-refractivity contribution < 1.29 is 4.92 Å². The molecule has 1 heterocycles. The van der Waals surface area contributed by atoms with Gasteiger partial charge in [0.2, 0.25) is 0 Å². The number of nitro groups is 1. The fourth-order valence-corrected chi connectivity index (χ4v) is 3.08. The number of anilines is 1. The highest BCUT2D eigenvalue weighted by Gasteiger charge is 2.17. The molecule has 0 saturated heterocycles. The van der Waals surface area contributed by atoms with E-state index in [1.54, 1.807) is 24.4 Å². The molecule has 1 aliphatic heterocycles. The van der Waals surface area contributed by atoms with Gasteiger partial charge in [0, 0.05) is 25.2 Å². The van der Waals surface area contributed by atoms with E-state index >= 15 is 0 Å². The predicted octanol–water partition coefficient (Wildman–Crippen LogP) is 4.96. The first-order valence-corrected chi connectivity index (χ1v) is 8.99. The zero-order valence-corrected chi connectivity index (χ0v) is 15.1. The second kappa shape index (κ2) is 7.84. The van der Waals surface area contributed by atoms with Gasteiger partial charge in [0.25, 0.3) is 5.69 Å². The number of para-hydroxylation sites is 2. The van der Waals surface area contributed by atoms with Crippen LogP contribution in [0.25, 0.3) is 0 Å². The topological polar surface area (TPSA) is 71.1 Å². The molecule has 0 atom stereocenters. The van der Waals surface area contributed by atoms with Gasteiger partial charge in [0.05, 0.1) is 16.3 Å². The summed E-state index contributed by atoms with van der Waals surface area (Å²) in [6.07, 6.45) is 2.54. The van der Waals surface area contributed by atoms with Crippen molar-refractivity contribution in [2.75, 3.05) is 11.6 Å². The van der Waals surface area contributed by atoms with Crippen molar-refractivity contribution in [3.8, 4) is 0 Å². The van der Waals surface area contributed by atoms with Crippen LogP contribution in [-0.4, -0.2) is 23.4 Å². The second-order valence-corrected chi connectivity index (χ2v) is 6.38. The molecule has 1 aliphatic rings. The van der Waals surface area contributed by atoms with Gasteiger partial charge in [0.1, 0.15) is 5.69 Å². The third-order valence-corrected chi connectivity index (χ3v) is 4.53. The maximum atomic E-state index is 11.1. The quantitative estimate of drug-likeness (QED) is 0.362. The van der Waals surface area contributed by atoms with Gasteiger partial charge in [-0.2, -0.15) is 5.10 Å². The predicted molar refractivity (Wildman–Crippen MR) is 112 cm³/mol. The van der Waals surface area contributed by atoms with Gasteiger partial charge in [-0.3, -0.25) is 15.1 Å². The zero-order valence-electron chi connectivity index (χ0n) is 15.1. The number of rotatable bonds is 5. The first kappa shape index (κ1) is 17.6. The molecule has 0 bridgehead atoms. The van der Waals surface area contributed by atoms with E-state index < -0.39 is 4.92 Å². The molecule has 3 aromatic carbocycles. The Bertz CT molecular complexity index is 1040. The minimum atomic E-state index is -0.425. The van der Waals surface area contributed by atoms with E-state index in [1.165, 1.54) is 6.07 Å². The lowest BCUT2D eigenvalue weighted by Gasteiger charge is -2.13. The van der Waals surface area contributed by atoms with E-state index in [1.807, 2.05) is 47.5 Å². The van der Waals surface area contributed by atoms with Gasteiger partial charge in [-0.25, -0.2) is 4.99 Å². The van der Waals surface area contributed by atoms with Crippen LogP contribution in [0.1, 0.15) is 17.5 Å². The Morgan fingerprint density at radius 3 is 2.43 bits per heavy atom. The maximum Gasteiger partial charge on any atom is 0.294 e. The lowest BCUT2D eigenvalue weighted by Crippen LogP contribution is -2.11. The van der Waals surface area contributed by atoms with Crippen molar-refractivity contribution in [2.45, 2.75) is 6.42 Å². The van der Waals surface area contributed by atoms with Crippen molar-refractivity contribution in [2.24, 2.45) is 10.1 Å². The molecule has 6 heteroatoms. The van der Waals surface area contributed by atoms with Crippen LogP contribution < -0.4 is 5.01 Å². The lowest BCUT2D eigenvalue weighted by atomic mass is 10.1. The summed E-state index contributed by atoms with van der Waals surface area (Å²) in [4.78, 5) is 14.9. The van der Waals surface area contributed by atoms with Crippen LogP contribution in [0.2, 0.25) is 0 Å². The minimum Gasteiger partial charge on any atom is -0.265 e. The molecular weight excluding hydrogens is 352 g/mol. The Hall–Kier alpha value is -3.80. The Morgan fingerprint density at radius 1 is 0.964 bits per heavy atom. The zero-order chi connectivity index (χ0) is 19.3. The number of nitrogens with zero attached hydrogens (tertiary/aromatic N) is 4. The van der Waals surface area contributed by atoms with Gasteiger partial charge < -0.3 is 0 Å².